The van der Waals surface area contributed by atoms with E-state index in [0.717, 1.165) is 5.69 Å². The van der Waals surface area contributed by atoms with Gasteiger partial charge in [0.25, 0.3) is 0 Å². The standard InChI is InChI=1S/C8H9N3/c1-6-7-2-3-9-4-8(7)11-5-10-6/h2-6H,1H3,(H,10,11)/t6-/m0/s1. The van der Waals surface area contributed by atoms with E-state index in [4.69, 9.17) is 0 Å². The van der Waals surface area contributed by atoms with Crippen molar-refractivity contribution in [2.45, 2.75) is 13.0 Å². The van der Waals surface area contributed by atoms with Gasteiger partial charge >= 0.3 is 0 Å². The molecule has 0 unspecified atom stereocenters. The summed E-state index contributed by atoms with van der Waals surface area (Å²) < 4.78 is 0. The molecule has 0 saturated carbocycles. The van der Waals surface area contributed by atoms with Crippen LogP contribution >= 0.6 is 0 Å². The van der Waals surface area contributed by atoms with Crippen LogP contribution in [-0.2, 0) is 0 Å². The van der Waals surface area contributed by atoms with Crippen LogP contribution < -0.4 is 5.32 Å². The zero-order chi connectivity index (χ0) is 7.68. The highest BCUT2D eigenvalue weighted by Crippen LogP contribution is 2.25. The van der Waals surface area contributed by atoms with Crippen LogP contribution in [0.2, 0.25) is 0 Å². The van der Waals surface area contributed by atoms with Gasteiger partial charge in [0.1, 0.15) is 0 Å². The zero-order valence-electron chi connectivity index (χ0n) is 6.28. The predicted octanol–water partition coefficient (Wildman–Crippen LogP) is 1.60. The van der Waals surface area contributed by atoms with Crippen LogP contribution in [0.25, 0.3) is 0 Å². The first-order chi connectivity index (χ1) is 5.38. The average Bonchev–Trinajstić information content (AvgIpc) is 2.06. The van der Waals surface area contributed by atoms with Crippen molar-refractivity contribution in [2.75, 3.05) is 5.32 Å². The first-order valence-corrected chi connectivity index (χ1v) is 3.60. The molecule has 2 heterocycles. The van der Waals surface area contributed by atoms with E-state index in [1.807, 2.05) is 12.3 Å². The zero-order valence-corrected chi connectivity index (χ0v) is 6.28. The Morgan fingerprint density at radius 1 is 1.55 bits per heavy atom. The fourth-order valence-electron chi connectivity index (χ4n) is 1.19. The van der Waals surface area contributed by atoms with Crippen LogP contribution in [0.4, 0.5) is 5.69 Å². The molecule has 11 heavy (non-hydrogen) atoms. The Morgan fingerprint density at radius 3 is 3.27 bits per heavy atom. The largest absolute Gasteiger partial charge is 0.345 e. The molecular weight excluding hydrogens is 138 g/mol. The molecule has 3 heteroatoms. The van der Waals surface area contributed by atoms with Gasteiger partial charge in [0.05, 0.1) is 24.3 Å². The minimum absolute atomic E-state index is 0.259. The van der Waals surface area contributed by atoms with Crippen LogP contribution in [0.15, 0.2) is 23.5 Å². The van der Waals surface area contributed by atoms with Gasteiger partial charge in [-0.2, -0.15) is 0 Å². The highest BCUT2D eigenvalue weighted by molar-refractivity contribution is 5.79. The van der Waals surface area contributed by atoms with Gasteiger partial charge in [-0.05, 0) is 13.0 Å². The van der Waals surface area contributed by atoms with E-state index < -0.39 is 0 Å². The quantitative estimate of drug-likeness (QED) is 0.605. The summed E-state index contributed by atoms with van der Waals surface area (Å²) in [7, 11) is 0. The lowest BCUT2D eigenvalue weighted by Gasteiger charge is -2.16. The Bertz CT molecular complexity index is 293. The number of hydrogen-bond acceptors (Lipinski definition) is 3. The Morgan fingerprint density at radius 2 is 2.45 bits per heavy atom. The molecule has 0 saturated heterocycles. The Labute approximate surface area is 65.2 Å². The van der Waals surface area contributed by atoms with Gasteiger partial charge in [0, 0.05) is 11.8 Å². The number of pyridine rings is 1. The summed E-state index contributed by atoms with van der Waals surface area (Å²) >= 11 is 0. The van der Waals surface area contributed by atoms with Gasteiger partial charge in [-0.25, -0.2) is 0 Å². The molecule has 1 aliphatic heterocycles. The third-order valence-electron chi connectivity index (χ3n) is 1.82. The maximum atomic E-state index is 4.21. The van der Waals surface area contributed by atoms with Crippen molar-refractivity contribution in [2.24, 2.45) is 4.99 Å². The normalized spacial score (nSPS) is 20.6. The highest BCUT2D eigenvalue weighted by atomic mass is 15.0. The summed E-state index contributed by atoms with van der Waals surface area (Å²) in [4.78, 5) is 8.22. The molecule has 0 amide bonds. The summed E-state index contributed by atoms with van der Waals surface area (Å²) in [6.45, 7) is 2.07. The highest BCUT2D eigenvalue weighted by Gasteiger charge is 2.10. The van der Waals surface area contributed by atoms with E-state index in [0.29, 0.717) is 0 Å². The lowest BCUT2D eigenvalue weighted by atomic mass is 10.1. The minimum Gasteiger partial charge on any atom is -0.345 e. The summed E-state index contributed by atoms with van der Waals surface area (Å²) in [6, 6.07) is 2.25. The van der Waals surface area contributed by atoms with E-state index in [9.17, 15) is 0 Å². The first kappa shape index (κ1) is 6.34. The number of fused-ring (bicyclic) bond motifs is 1. The molecular formula is C8H9N3. The number of nitrogens with zero attached hydrogens (tertiary/aromatic N) is 2. The molecule has 3 nitrogen and oxygen atoms in total. The summed E-state index contributed by atoms with van der Waals surface area (Å²) in [5.74, 6) is 0. The molecule has 0 aliphatic carbocycles. The molecule has 0 bridgehead atoms. The van der Waals surface area contributed by atoms with Gasteiger partial charge in [-0.3, -0.25) is 9.98 Å². The summed E-state index contributed by atoms with van der Waals surface area (Å²) in [6.07, 6.45) is 5.32. The Kier molecular flexibility index (Phi) is 1.35. The third kappa shape index (κ3) is 0.981. The molecule has 2 rings (SSSR count). The number of hydrogen-bond donors (Lipinski definition) is 1. The number of nitrogens with one attached hydrogen (secondary N) is 1. The maximum absolute atomic E-state index is 4.21. The molecule has 0 aromatic carbocycles. The van der Waals surface area contributed by atoms with E-state index >= 15 is 0 Å². The van der Waals surface area contributed by atoms with Crippen molar-refractivity contribution < 1.29 is 0 Å². The Balaban J connectivity index is 2.50. The number of anilines is 1. The van der Waals surface area contributed by atoms with E-state index in [1.54, 1.807) is 12.5 Å². The van der Waals surface area contributed by atoms with Crippen molar-refractivity contribution >= 4 is 12.0 Å². The fraction of sp³-hybridized carbons (Fsp3) is 0.250. The van der Waals surface area contributed by atoms with E-state index in [1.165, 1.54) is 5.56 Å². The molecule has 56 valence electrons. The molecule has 0 spiro atoms. The molecule has 1 aromatic heterocycles. The van der Waals surface area contributed by atoms with Crippen LogP contribution in [0.5, 0.6) is 0 Å². The van der Waals surface area contributed by atoms with Gasteiger partial charge in [0.15, 0.2) is 0 Å². The van der Waals surface area contributed by atoms with Crippen molar-refractivity contribution in [3.05, 3.63) is 24.0 Å². The molecule has 1 aromatic rings. The second kappa shape index (κ2) is 2.34. The molecule has 1 atom stereocenters. The first-order valence-electron chi connectivity index (χ1n) is 3.60. The SMILES string of the molecule is C[C@@H]1N=CNc2cnccc21. The second-order valence-electron chi connectivity index (χ2n) is 2.56. The second-order valence-corrected chi connectivity index (χ2v) is 2.56. The van der Waals surface area contributed by atoms with Crippen LogP contribution in [0.3, 0.4) is 0 Å². The van der Waals surface area contributed by atoms with Crippen LogP contribution in [-0.4, -0.2) is 11.3 Å². The molecule has 0 radical (unpaired) electrons. The van der Waals surface area contributed by atoms with Crippen molar-refractivity contribution in [3.8, 4) is 0 Å². The molecule has 0 fully saturated rings. The average molecular weight is 147 g/mol. The van der Waals surface area contributed by atoms with Crippen molar-refractivity contribution in [1.82, 2.24) is 4.98 Å². The maximum Gasteiger partial charge on any atom is 0.0875 e. The van der Waals surface area contributed by atoms with Crippen molar-refractivity contribution in [1.29, 1.82) is 0 Å². The van der Waals surface area contributed by atoms with Gasteiger partial charge in [-0.1, -0.05) is 0 Å². The van der Waals surface area contributed by atoms with Gasteiger partial charge in [-0.15, -0.1) is 0 Å². The third-order valence-corrected chi connectivity index (χ3v) is 1.82. The summed E-state index contributed by atoms with van der Waals surface area (Å²) in [5, 5.41) is 3.04. The lowest BCUT2D eigenvalue weighted by Crippen LogP contribution is -2.08. The van der Waals surface area contributed by atoms with E-state index in [2.05, 4.69) is 22.2 Å². The predicted molar refractivity (Wildman–Crippen MR) is 44.8 cm³/mol. The van der Waals surface area contributed by atoms with Crippen molar-refractivity contribution in [3.63, 3.8) is 0 Å². The van der Waals surface area contributed by atoms with Crippen LogP contribution in [0, 0.1) is 0 Å². The summed E-state index contributed by atoms with van der Waals surface area (Å²) in [5.41, 5.74) is 2.28. The van der Waals surface area contributed by atoms with Gasteiger partial charge < -0.3 is 5.32 Å². The number of rotatable bonds is 0. The molecule has 1 N–H and O–H groups in total. The number of aliphatic imine (C=N–C) groups is 1. The van der Waals surface area contributed by atoms with Gasteiger partial charge in [0.2, 0.25) is 0 Å². The molecule has 1 aliphatic rings. The fourth-order valence-corrected chi connectivity index (χ4v) is 1.19. The Hall–Kier alpha value is -1.38. The minimum atomic E-state index is 0.259. The van der Waals surface area contributed by atoms with Crippen LogP contribution in [0.1, 0.15) is 18.5 Å². The monoisotopic (exact) mass is 147 g/mol. The lowest BCUT2D eigenvalue weighted by molar-refractivity contribution is 0.815. The van der Waals surface area contributed by atoms with E-state index in [-0.39, 0.29) is 6.04 Å². The topological polar surface area (TPSA) is 37.3 Å². The smallest absolute Gasteiger partial charge is 0.0875 e. The number of aromatic nitrogens is 1.